The lowest BCUT2D eigenvalue weighted by Crippen LogP contribution is -2.35. The number of carbonyl (C=O) groups excluding carboxylic acids is 2. The monoisotopic (exact) mass is 312 g/mol. The fraction of sp³-hybridized carbons (Fsp3) is 0.333. The summed E-state index contributed by atoms with van der Waals surface area (Å²) < 4.78 is 5.99. The highest BCUT2D eigenvalue weighted by atomic mass is 79.9. The lowest BCUT2D eigenvalue weighted by Gasteiger charge is -2.20. The van der Waals surface area contributed by atoms with Crippen LogP contribution in [0.1, 0.15) is 6.42 Å². The lowest BCUT2D eigenvalue weighted by atomic mass is 10.2. The zero-order chi connectivity index (χ0) is 13.1. The SMILES string of the molecule is COc1cc(Br)cc(N2CCC(=O)NCC2=O)c1. The van der Waals surface area contributed by atoms with Gasteiger partial charge in [0.15, 0.2) is 0 Å². The molecule has 2 rings (SSSR count). The van der Waals surface area contributed by atoms with Gasteiger partial charge in [0.2, 0.25) is 11.8 Å². The van der Waals surface area contributed by atoms with Crippen LogP contribution < -0.4 is 15.0 Å². The Kier molecular flexibility index (Phi) is 3.86. The molecule has 6 heteroatoms. The van der Waals surface area contributed by atoms with Crippen molar-refractivity contribution < 1.29 is 14.3 Å². The number of amides is 2. The molecule has 1 fully saturated rings. The molecule has 5 nitrogen and oxygen atoms in total. The largest absolute Gasteiger partial charge is 0.497 e. The fourth-order valence-corrected chi connectivity index (χ4v) is 2.25. The van der Waals surface area contributed by atoms with Crippen LogP contribution in [0, 0.1) is 0 Å². The summed E-state index contributed by atoms with van der Waals surface area (Å²) in [7, 11) is 1.57. The van der Waals surface area contributed by atoms with E-state index >= 15 is 0 Å². The number of nitrogens with one attached hydrogen (secondary N) is 1. The number of methoxy groups -OCH3 is 1. The first-order chi connectivity index (χ1) is 8.60. The number of halogens is 1. The molecule has 0 aromatic heterocycles. The number of rotatable bonds is 2. The second-order valence-corrected chi connectivity index (χ2v) is 4.84. The Morgan fingerprint density at radius 3 is 2.83 bits per heavy atom. The van der Waals surface area contributed by atoms with Crippen LogP contribution in [0.5, 0.6) is 5.75 Å². The van der Waals surface area contributed by atoms with Crippen molar-refractivity contribution in [3.8, 4) is 5.75 Å². The molecule has 0 aliphatic carbocycles. The van der Waals surface area contributed by atoms with Gasteiger partial charge in [-0.2, -0.15) is 0 Å². The molecular weight excluding hydrogens is 300 g/mol. The van der Waals surface area contributed by atoms with E-state index in [9.17, 15) is 9.59 Å². The van der Waals surface area contributed by atoms with E-state index < -0.39 is 0 Å². The Morgan fingerprint density at radius 1 is 1.33 bits per heavy atom. The predicted molar refractivity (Wildman–Crippen MR) is 70.7 cm³/mol. The molecule has 0 atom stereocenters. The summed E-state index contributed by atoms with van der Waals surface area (Å²) in [6.45, 7) is 0.415. The first-order valence-corrected chi connectivity index (χ1v) is 6.31. The Labute approximate surface area is 113 Å². The van der Waals surface area contributed by atoms with Crippen molar-refractivity contribution in [3.05, 3.63) is 22.7 Å². The van der Waals surface area contributed by atoms with Gasteiger partial charge >= 0.3 is 0 Å². The smallest absolute Gasteiger partial charge is 0.246 e. The van der Waals surface area contributed by atoms with Crippen molar-refractivity contribution in [2.75, 3.05) is 25.1 Å². The Bertz CT molecular complexity index is 490. The van der Waals surface area contributed by atoms with Gasteiger partial charge in [-0.25, -0.2) is 0 Å². The molecule has 1 aliphatic heterocycles. The minimum atomic E-state index is -0.124. The standard InChI is InChI=1S/C12H13BrN2O3/c1-18-10-5-8(13)4-9(6-10)15-3-2-11(16)14-7-12(15)17/h4-6H,2-3,7H2,1H3,(H,14,16). The van der Waals surface area contributed by atoms with E-state index in [1.165, 1.54) is 0 Å². The number of anilines is 1. The van der Waals surface area contributed by atoms with Crippen molar-refractivity contribution in [2.24, 2.45) is 0 Å². The van der Waals surface area contributed by atoms with Gasteiger partial charge in [-0.3, -0.25) is 9.59 Å². The molecule has 0 radical (unpaired) electrons. The minimum absolute atomic E-state index is 0.0354. The topological polar surface area (TPSA) is 58.6 Å². The third kappa shape index (κ3) is 2.81. The Morgan fingerprint density at radius 2 is 2.11 bits per heavy atom. The van der Waals surface area contributed by atoms with Gasteiger partial charge in [0.25, 0.3) is 0 Å². The molecule has 1 saturated heterocycles. The van der Waals surface area contributed by atoms with Crippen molar-refractivity contribution in [2.45, 2.75) is 6.42 Å². The van der Waals surface area contributed by atoms with Crippen molar-refractivity contribution >= 4 is 33.4 Å². The third-order valence-corrected chi connectivity index (χ3v) is 3.16. The van der Waals surface area contributed by atoms with Gasteiger partial charge in [-0.05, 0) is 12.1 Å². The zero-order valence-corrected chi connectivity index (χ0v) is 11.5. The molecule has 1 aliphatic rings. The van der Waals surface area contributed by atoms with Crippen LogP contribution in [0.4, 0.5) is 5.69 Å². The lowest BCUT2D eigenvalue weighted by molar-refractivity contribution is -0.123. The highest BCUT2D eigenvalue weighted by Gasteiger charge is 2.22. The average molecular weight is 313 g/mol. The van der Waals surface area contributed by atoms with E-state index in [1.807, 2.05) is 12.1 Å². The predicted octanol–water partition coefficient (Wildman–Crippen LogP) is 1.31. The summed E-state index contributed by atoms with van der Waals surface area (Å²) in [6, 6.07) is 5.42. The molecule has 1 N–H and O–H groups in total. The molecule has 0 spiro atoms. The first-order valence-electron chi connectivity index (χ1n) is 5.52. The van der Waals surface area contributed by atoms with E-state index in [4.69, 9.17) is 4.74 Å². The normalized spacial score (nSPS) is 16.2. The Hall–Kier alpha value is -1.56. The summed E-state index contributed by atoms with van der Waals surface area (Å²) in [5.41, 5.74) is 0.725. The zero-order valence-electron chi connectivity index (χ0n) is 9.90. The Balaban J connectivity index is 2.31. The van der Waals surface area contributed by atoms with Crippen molar-refractivity contribution in [1.29, 1.82) is 0 Å². The molecular formula is C12H13BrN2O3. The minimum Gasteiger partial charge on any atom is -0.497 e. The molecule has 0 saturated carbocycles. The highest BCUT2D eigenvalue weighted by Crippen LogP contribution is 2.27. The van der Waals surface area contributed by atoms with Gasteiger partial charge in [0.1, 0.15) is 5.75 Å². The van der Waals surface area contributed by atoms with Crippen molar-refractivity contribution in [1.82, 2.24) is 5.32 Å². The third-order valence-electron chi connectivity index (χ3n) is 2.70. The van der Waals surface area contributed by atoms with Crippen LogP contribution in [0.3, 0.4) is 0 Å². The van der Waals surface area contributed by atoms with Gasteiger partial charge in [0.05, 0.1) is 13.7 Å². The van der Waals surface area contributed by atoms with Crippen LogP contribution in [-0.2, 0) is 9.59 Å². The van der Waals surface area contributed by atoms with Crippen LogP contribution in [0.2, 0.25) is 0 Å². The maximum absolute atomic E-state index is 11.9. The molecule has 1 aromatic rings. The maximum atomic E-state index is 11.9. The van der Waals surface area contributed by atoms with E-state index in [1.54, 1.807) is 18.1 Å². The fourth-order valence-electron chi connectivity index (χ4n) is 1.79. The van der Waals surface area contributed by atoms with E-state index in [-0.39, 0.29) is 18.4 Å². The van der Waals surface area contributed by atoms with Gasteiger partial charge < -0.3 is 15.0 Å². The molecule has 1 heterocycles. The number of ether oxygens (including phenoxy) is 1. The second-order valence-electron chi connectivity index (χ2n) is 3.92. The molecule has 96 valence electrons. The maximum Gasteiger partial charge on any atom is 0.246 e. The first kappa shape index (κ1) is 12.9. The van der Waals surface area contributed by atoms with Crippen LogP contribution in [0.15, 0.2) is 22.7 Å². The van der Waals surface area contributed by atoms with E-state index in [0.717, 1.165) is 10.2 Å². The van der Waals surface area contributed by atoms with Gasteiger partial charge in [-0.15, -0.1) is 0 Å². The van der Waals surface area contributed by atoms with E-state index in [2.05, 4.69) is 21.2 Å². The highest BCUT2D eigenvalue weighted by molar-refractivity contribution is 9.10. The number of benzene rings is 1. The van der Waals surface area contributed by atoms with Crippen LogP contribution in [-0.4, -0.2) is 32.0 Å². The summed E-state index contributed by atoms with van der Waals surface area (Å²) in [5.74, 6) is 0.435. The van der Waals surface area contributed by atoms with Crippen LogP contribution in [0.25, 0.3) is 0 Å². The van der Waals surface area contributed by atoms with Gasteiger partial charge in [-0.1, -0.05) is 15.9 Å². The summed E-state index contributed by atoms with van der Waals surface area (Å²) in [4.78, 5) is 24.8. The number of nitrogens with zero attached hydrogens (tertiary/aromatic N) is 1. The quantitative estimate of drug-likeness (QED) is 0.896. The number of carbonyl (C=O) groups is 2. The van der Waals surface area contributed by atoms with Gasteiger partial charge in [0, 0.05) is 29.2 Å². The van der Waals surface area contributed by atoms with Crippen LogP contribution >= 0.6 is 15.9 Å². The summed E-state index contributed by atoms with van der Waals surface area (Å²) >= 11 is 3.37. The average Bonchev–Trinajstić information content (AvgIpc) is 2.51. The summed E-state index contributed by atoms with van der Waals surface area (Å²) in [6.07, 6.45) is 0.306. The number of hydrogen-bond acceptors (Lipinski definition) is 3. The second kappa shape index (κ2) is 5.39. The molecule has 1 aromatic carbocycles. The molecule has 2 amide bonds. The molecule has 18 heavy (non-hydrogen) atoms. The van der Waals surface area contributed by atoms with Crippen molar-refractivity contribution in [3.63, 3.8) is 0 Å². The van der Waals surface area contributed by atoms with E-state index in [0.29, 0.717) is 18.7 Å². The molecule has 0 unspecified atom stereocenters. The number of hydrogen-bond donors (Lipinski definition) is 1. The summed E-state index contributed by atoms with van der Waals surface area (Å²) in [5, 5.41) is 2.56. The molecule has 0 bridgehead atoms.